The fraction of sp³-hybridized carbons (Fsp3) is 0.357. The van der Waals surface area contributed by atoms with Crippen molar-refractivity contribution in [2.45, 2.75) is 26.7 Å². The third kappa shape index (κ3) is 2.83. The third-order valence-electron chi connectivity index (χ3n) is 2.90. The van der Waals surface area contributed by atoms with Crippen LogP contribution in [0.5, 0.6) is 0 Å². The quantitative estimate of drug-likeness (QED) is 0.774. The van der Waals surface area contributed by atoms with Gasteiger partial charge in [-0.1, -0.05) is 0 Å². The average molecular weight is 243 g/mol. The summed E-state index contributed by atoms with van der Waals surface area (Å²) in [7, 11) is 1.94. The molecule has 0 aliphatic rings. The van der Waals surface area contributed by atoms with Crippen molar-refractivity contribution in [2.75, 3.05) is 0 Å². The van der Waals surface area contributed by atoms with Gasteiger partial charge in [0.2, 0.25) is 0 Å². The van der Waals surface area contributed by atoms with Gasteiger partial charge in [0, 0.05) is 49.2 Å². The molecule has 0 amide bonds. The number of Topliss-reactive ketones (excluding diaryl/α,β-unsaturated/α-hetero) is 1. The number of hydrogen-bond donors (Lipinski definition) is 0. The summed E-state index contributed by atoms with van der Waals surface area (Å²) >= 11 is 0. The molecule has 18 heavy (non-hydrogen) atoms. The molecule has 0 saturated carbocycles. The van der Waals surface area contributed by atoms with E-state index >= 15 is 0 Å². The van der Waals surface area contributed by atoms with Gasteiger partial charge in [-0.05, 0) is 26.0 Å². The fourth-order valence-electron chi connectivity index (χ4n) is 2.00. The van der Waals surface area contributed by atoms with E-state index in [9.17, 15) is 4.79 Å². The first kappa shape index (κ1) is 12.5. The Labute approximate surface area is 107 Å². The van der Waals surface area contributed by atoms with Crippen LogP contribution < -0.4 is 0 Å². The summed E-state index contributed by atoms with van der Waals surface area (Å²) in [5.74, 6) is 1.08. The van der Waals surface area contributed by atoms with Gasteiger partial charge in [0.25, 0.3) is 0 Å². The molecule has 0 aliphatic heterocycles. The summed E-state index contributed by atoms with van der Waals surface area (Å²) in [6, 6.07) is 3.68. The van der Waals surface area contributed by atoms with Crippen molar-refractivity contribution in [1.82, 2.24) is 14.5 Å². The first-order valence-electron chi connectivity index (χ1n) is 6.01. The normalized spacial score (nSPS) is 10.6. The summed E-state index contributed by atoms with van der Waals surface area (Å²) in [4.78, 5) is 20.6. The predicted molar refractivity (Wildman–Crippen MR) is 69.6 cm³/mol. The zero-order valence-electron chi connectivity index (χ0n) is 11.0. The molecule has 2 rings (SSSR count). The van der Waals surface area contributed by atoms with E-state index in [1.807, 2.05) is 43.8 Å². The molecule has 0 bridgehead atoms. The number of rotatable bonds is 4. The SMILES string of the molecule is Cc1cc(C(=O)CCc2nccn2C)cc(C)n1. The topological polar surface area (TPSA) is 47.8 Å². The number of aryl methyl sites for hydroxylation is 4. The summed E-state index contributed by atoms with van der Waals surface area (Å²) in [5, 5.41) is 0. The van der Waals surface area contributed by atoms with Crippen molar-refractivity contribution in [1.29, 1.82) is 0 Å². The van der Waals surface area contributed by atoms with Gasteiger partial charge >= 0.3 is 0 Å². The zero-order chi connectivity index (χ0) is 13.1. The second kappa shape index (κ2) is 5.12. The minimum absolute atomic E-state index is 0.145. The highest BCUT2D eigenvalue weighted by Crippen LogP contribution is 2.10. The van der Waals surface area contributed by atoms with Gasteiger partial charge in [-0.25, -0.2) is 4.98 Å². The van der Waals surface area contributed by atoms with Crippen LogP contribution in [-0.4, -0.2) is 20.3 Å². The van der Waals surface area contributed by atoms with Crippen LogP contribution in [0.3, 0.4) is 0 Å². The Morgan fingerprint density at radius 2 is 1.94 bits per heavy atom. The van der Waals surface area contributed by atoms with Crippen LogP contribution in [0, 0.1) is 13.8 Å². The molecular weight excluding hydrogens is 226 g/mol. The molecule has 4 nitrogen and oxygen atoms in total. The number of ketones is 1. The van der Waals surface area contributed by atoms with Crippen LogP contribution in [0.15, 0.2) is 24.5 Å². The maximum absolute atomic E-state index is 12.1. The van der Waals surface area contributed by atoms with Crippen molar-refractivity contribution in [3.05, 3.63) is 47.3 Å². The largest absolute Gasteiger partial charge is 0.338 e. The van der Waals surface area contributed by atoms with Crippen molar-refractivity contribution in [2.24, 2.45) is 7.05 Å². The summed E-state index contributed by atoms with van der Waals surface area (Å²) in [5.41, 5.74) is 2.51. The molecule has 2 heterocycles. The minimum atomic E-state index is 0.145. The third-order valence-corrected chi connectivity index (χ3v) is 2.90. The molecule has 94 valence electrons. The van der Waals surface area contributed by atoms with Crippen molar-refractivity contribution in [3.8, 4) is 0 Å². The summed E-state index contributed by atoms with van der Waals surface area (Å²) in [6.45, 7) is 3.81. The van der Waals surface area contributed by atoms with Gasteiger partial charge in [0.1, 0.15) is 5.82 Å². The molecule has 2 aromatic heterocycles. The molecule has 0 saturated heterocycles. The average Bonchev–Trinajstić information content (AvgIpc) is 2.70. The fourth-order valence-corrected chi connectivity index (χ4v) is 2.00. The highest BCUT2D eigenvalue weighted by atomic mass is 16.1. The molecule has 0 radical (unpaired) electrons. The van der Waals surface area contributed by atoms with Crippen LogP contribution in [-0.2, 0) is 13.5 Å². The number of carbonyl (C=O) groups excluding carboxylic acids is 1. The van der Waals surface area contributed by atoms with E-state index in [2.05, 4.69) is 9.97 Å². The van der Waals surface area contributed by atoms with Gasteiger partial charge in [-0.15, -0.1) is 0 Å². The van der Waals surface area contributed by atoms with Crippen LogP contribution in [0.25, 0.3) is 0 Å². The van der Waals surface area contributed by atoms with Gasteiger partial charge in [0.15, 0.2) is 5.78 Å². The van der Waals surface area contributed by atoms with E-state index in [1.54, 1.807) is 6.20 Å². The molecule has 0 atom stereocenters. The Morgan fingerprint density at radius 3 is 2.50 bits per heavy atom. The molecule has 0 N–H and O–H groups in total. The first-order valence-corrected chi connectivity index (χ1v) is 6.01. The number of pyridine rings is 1. The standard InChI is InChI=1S/C14H17N3O/c1-10-8-12(9-11(2)16-10)13(18)4-5-14-15-6-7-17(14)3/h6-9H,4-5H2,1-3H3. The molecule has 0 aromatic carbocycles. The number of nitrogens with zero attached hydrogens (tertiary/aromatic N) is 3. The second-order valence-corrected chi connectivity index (χ2v) is 4.52. The lowest BCUT2D eigenvalue weighted by Gasteiger charge is -2.04. The van der Waals surface area contributed by atoms with E-state index in [-0.39, 0.29) is 5.78 Å². The Balaban J connectivity index is 2.06. The van der Waals surface area contributed by atoms with Crippen LogP contribution in [0.2, 0.25) is 0 Å². The first-order chi connectivity index (χ1) is 8.56. The number of aromatic nitrogens is 3. The number of imidazole rings is 1. The number of hydrogen-bond acceptors (Lipinski definition) is 3. The Morgan fingerprint density at radius 1 is 1.28 bits per heavy atom. The van der Waals surface area contributed by atoms with Crippen molar-refractivity contribution < 1.29 is 4.79 Å². The maximum Gasteiger partial charge on any atom is 0.163 e. The van der Waals surface area contributed by atoms with Crippen LogP contribution in [0.4, 0.5) is 0 Å². The Bertz CT molecular complexity index is 552. The number of carbonyl (C=O) groups is 1. The highest BCUT2D eigenvalue weighted by molar-refractivity contribution is 5.96. The second-order valence-electron chi connectivity index (χ2n) is 4.52. The van der Waals surface area contributed by atoms with E-state index in [4.69, 9.17) is 0 Å². The molecular formula is C14H17N3O. The molecule has 0 unspecified atom stereocenters. The minimum Gasteiger partial charge on any atom is -0.338 e. The van der Waals surface area contributed by atoms with Crippen molar-refractivity contribution in [3.63, 3.8) is 0 Å². The van der Waals surface area contributed by atoms with Crippen LogP contribution in [0.1, 0.15) is 34.0 Å². The van der Waals surface area contributed by atoms with E-state index in [0.717, 1.165) is 22.8 Å². The smallest absolute Gasteiger partial charge is 0.163 e. The van der Waals surface area contributed by atoms with Gasteiger partial charge in [-0.3, -0.25) is 9.78 Å². The van der Waals surface area contributed by atoms with Gasteiger partial charge < -0.3 is 4.57 Å². The Kier molecular flexibility index (Phi) is 3.55. The lowest BCUT2D eigenvalue weighted by molar-refractivity contribution is 0.0981. The zero-order valence-corrected chi connectivity index (χ0v) is 11.0. The van der Waals surface area contributed by atoms with E-state index < -0.39 is 0 Å². The molecule has 0 aliphatic carbocycles. The van der Waals surface area contributed by atoms with Gasteiger partial charge in [0.05, 0.1) is 0 Å². The van der Waals surface area contributed by atoms with Crippen LogP contribution >= 0.6 is 0 Å². The Hall–Kier alpha value is -1.97. The summed E-state index contributed by atoms with van der Waals surface area (Å²) < 4.78 is 1.94. The van der Waals surface area contributed by atoms with E-state index in [1.165, 1.54) is 0 Å². The van der Waals surface area contributed by atoms with Crippen molar-refractivity contribution >= 4 is 5.78 Å². The monoisotopic (exact) mass is 243 g/mol. The lowest BCUT2D eigenvalue weighted by atomic mass is 10.1. The summed E-state index contributed by atoms with van der Waals surface area (Å²) in [6.07, 6.45) is 4.79. The maximum atomic E-state index is 12.1. The molecule has 0 fully saturated rings. The lowest BCUT2D eigenvalue weighted by Crippen LogP contribution is -2.06. The molecule has 4 heteroatoms. The molecule has 0 spiro atoms. The molecule has 2 aromatic rings. The highest BCUT2D eigenvalue weighted by Gasteiger charge is 2.09. The van der Waals surface area contributed by atoms with E-state index in [0.29, 0.717) is 12.8 Å². The van der Waals surface area contributed by atoms with Gasteiger partial charge in [-0.2, -0.15) is 0 Å². The predicted octanol–water partition coefficient (Wildman–Crippen LogP) is 2.25.